The molecule has 0 radical (unpaired) electrons. The average molecular weight is 787 g/mol. The van der Waals surface area contributed by atoms with Gasteiger partial charge in [-0.1, -0.05) is 146 Å². The summed E-state index contributed by atoms with van der Waals surface area (Å²) in [7, 11) is 0. The van der Waals surface area contributed by atoms with E-state index in [0.717, 1.165) is 33.4 Å². The van der Waals surface area contributed by atoms with Gasteiger partial charge in [0.2, 0.25) is 11.6 Å². The molecule has 7 heterocycles. The zero-order valence-corrected chi connectivity index (χ0v) is 32.5. The highest BCUT2D eigenvalue weighted by molar-refractivity contribution is 5.22. The molecule has 10 nitrogen and oxygen atoms in total. The van der Waals surface area contributed by atoms with Crippen LogP contribution in [0.1, 0.15) is 33.4 Å². The van der Waals surface area contributed by atoms with Crippen LogP contribution in [0.3, 0.4) is 0 Å². The van der Waals surface area contributed by atoms with Crippen molar-refractivity contribution >= 4 is 0 Å². The first kappa shape index (κ1) is 39.2. The summed E-state index contributed by atoms with van der Waals surface area (Å²) in [4.78, 5) is 0. The standard InChI is InChI=1S/C48H50O10/c1-5-13-35(14-6-1)27-51-43-41-31-49-25-39-21-23-40(24-22-39)26-50-32-42-44(52-28-36-15-7-2-8-16-36)46(54-30-38-19-11-4-12-20-38)48(58-42)34-55-47(57-41,33-56-48)45(43)53-29-37-17-9-3-10-18-37/h1-24,41-46H,25-34H2/t41-,42-,43-,44-,45+,46+,47-,48+/m1/s1. The minimum absolute atomic E-state index is 0.0287. The summed E-state index contributed by atoms with van der Waals surface area (Å²) >= 11 is 0. The Bertz CT molecular complexity index is 1850. The number of benzene rings is 5. The molecule has 302 valence electrons. The van der Waals surface area contributed by atoms with E-state index in [1.54, 1.807) is 0 Å². The molecule has 7 aliphatic rings. The summed E-state index contributed by atoms with van der Waals surface area (Å²) in [5.41, 5.74) is 6.15. The molecule has 0 saturated carbocycles. The number of hydrogen-bond acceptors (Lipinski definition) is 10. The van der Waals surface area contributed by atoms with Crippen LogP contribution in [0.4, 0.5) is 0 Å². The van der Waals surface area contributed by atoms with Crippen molar-refractivity contribution < 1.29 is 47.4 Å². The second-order valence-electron chi connectivity index (χ2n) is 15.3. The van der Waals surface area contributed by atoms with Gasteiger partial charge in [0.1, 0.15) is 49.8 Å². The third-order valence-electron chi connectivity index (χ3n) is 11.2. The molecule has 5 aromatic carbocycles. The molecule has 58 heavy (non-hydrogen) atoms. The highest BCUT2D eigenvalue weighted by atomic mass is 16.8. The zero-order valence-electron chi connectivity index (χ0n) is 32.5. The number of hydrogen-bond donors (Lipinski definition) is 0. The van der Waals surface area contributed by atoms with Crippen LogP contribution in [-0.2, 0) is 87.0 Å². The molecule has 6 bridgehead atoms. The van der Waals surface area contributed by atoms with Gasteiger partial charge in [-0.3, -0.25) is 0 Å². The maximum atomic E-state index is 6.97. The third-order valence-corrected chi connectivity index (χ3v) is 11.2. The Morgan fingerprint density at radius 3 is 1.07 bits per heavy atom. The van der Waals surface area contributed by atoms with Crippen molar-refractivity contribution in [1.82, 2.24) is 0 Å². The van der Waals surface area contributed by atoms with E-state index in [4.69, 9.17) is 47.4 Å². The Morgan fingerprint density at radius 2 is 0.741 bits per heavy atom. The molecule has 12 rings (SSSR count). The van der Waals surface area contributed by atoms with E-state index >= 15 is 0 Å². The van der Waals surface area contributed by atoms with Crippen LogP contribution < -0.4 is 0 Å². The first-order valence-corrected chi connectivity index (χ1v) is 20.1. The highest BCUT2D eigenvalue weighted by Crippen LogP contribution is 2.47. The van der Waals surface area contributed by atoms with Crippen LogP contribution in [0.15, 0.2) is 146 Å². The lowest BCUT2D eigenvalue weighted by atomic mass is 10.0. The molecule has 7 aliphatic heterocycles. The predicted octanol–water partition coefficient (Wildman–Crippen LogP) is 7.31. The molecule has 0 amide bonds. The van der Waals surface area contributed by atoms with Gasteiger partial charge in [-0.2, -0.15) is 0 Å². The maximum Gasteiger partial charge on any atom is 0.222 e. The monoisotopic (exact) mass is 786 g/mol. The van der Waals surface area contributed by atoms with Gasteiger partial charge in [-0.25, -0.2) is 0 Å². The first-order chi connectivity index (χ1) is 28.6. The van der Waals surface area contributed by atoms with Crippen molar-refractivity contribution in [3.63, 3.8) is 0 Å². The van der Waals surface area contributed by atoms with Crippen molar-refractivity contribution in [2.45, 2.75) is 87.8 Å². The second kappa shape index (κ2) is 18.3. The summed E-state index contributed by atoms with van der Waals surface area (Å²) < 4.78 is 67.6. The van der Waals surface area contributed by atoms with E-state index in [-0.39, 0.29) is 26.4 Å². The van der Waals surface area contributed by atoms with E-state index in [2.05, 4.69) is 24.3 Å². The molecular formula is C48H50O10. The van der Waals surface area contributed by atoms with Crippen LogP contribution >= 0.6 is 0 Å². The predicted molar refractivity (Wildman–Crippen MR) is 213 cm³/mol. The summed E-state index contributed by atoms with van der Waals surface area (Å²) in [6.45, 7) is 2.52. The van der Waals surface area contributed by atoms with Crippen LogP contribution in [0.5, 0.6) is 0 Å². The Kier molecular flexibility index (Phi) is 12.4. The summed E-state index contributed by atoms with van der Waals surface area (Å²) in [5, 5.41) is 0. The lowest BCUT2D eigenvalue weighted by Crippen LogP contribution is -2.63. The largest absolute Gasteiger partial charge is 0.374 e. The fourth-order valence-corrected chi connectivity index (χ4v) is 8.13. The van der Waals surface area contributed by atoms with Crippen molar-refractivity contribution in [1.29, 1.82) is 0 Å². The lowest BCUT2D eigenvalue weighted by Gasteiger charge is -2.46. The first-order valence-electron chi connectivity index (χ1n) is 20.1. The molecule has 5 aromatic rings. The molecule has 0 N–H and O–H groups in total. The van der Waals surface area contributed by atoms with Crippen molar-refractivity contribution in [3.8, 4) is 0 Å². The minimum Gasteiger partial charge on any atom is -0.374 e. The maximum absolute atomic E-state index is 6.97. The third kappa shape index (κ3) is 8.97. The van der Waals surface area contributed by atoms with Gasteiger partial charge in [0, 0.05) is 0 Å². The second-order valence-corrected chi connectivity index (χ2v) is 15.3. The molecule has 8 atom stereocenters. The topological polar surface area (TPSA) is 92.3 Å². The van der Waals surface area contributed by atoms with Crippen molar-refractivity contribution in [2.75, 3.05) is 26.4 Å². The van der Waals surface area contributed by atoms with Gasteiger partial charge in [-0.15, -0.1) is 0 Å². The lowest BCUT2D eigenvalue weighted by molar-refractivity contribution is -0.406. The average Bonchev–Trinajstić information content (AvgIpc) is 3.72. The zero-order chi connectivity index (χ0) is 39.0. The van der Waals surface area contributed by atoms with Crippen LogP contribution in [-0.4, -0.2) is 74.6 Å². The normalized spacial score (nSPS) is 29.6. The Balaban J connectivity index is 1.06. The number of rotatable bonds is 12. The Labute approximate surface area is 339 Å². The smallest absolute Gasteiger partial charge is 0.222 e. The van der Waals surface area contributed by atoms with E-state index in [0.29, 0.717) is 39.6 Å². The van der Waals surface area contributed by atoms with Gasteiger partial charge >= 0.3 is 0 Å². The van der Waals surface area contributed by atoms with Crippen molar-refractivity contribution in [2.24, 2.45) is 0 Å². The van der Waals surface area contributed by atoms with Gasteiger partial charge in [0.15, 0.2) is 0 Å². The molecule has 3 saturated heterocycles. The summed E-state index contributed by atoms with van der Waals surface area (Å²) in [6, 6.07) is 48.5. The SMILES string of the molecule is c1ccc(CO[C@@H]2[C@H]3COCc4ccc(cc4)COC[C@H]4O[C@]5(CO[C@@](CO5)(O3)[C@H]2OCc2ccccc2)[C@@H](OCc2ccccc2)[C@@H]4OCc2ccccc2)cc1. The number of ether oxygens (including phenoxy) is 10. The Hall–Kier alpha value is -4.30. The molecule has 2 spiro atoms. The molecule has 3 fully saturated rings. The van der Waals surface area contributed by atoms with E-state index < -0.39 is 48.2 Å². The molecule has 0 aliphatic carbocycles. The van der Waals surface area contributed by atoms with Gasteiger partial charge in [-0.05, 0) is 33.4 Å². The van der Waals surface area contributed by atoms with E-state index in [9.17, 15) is 0 Å². The summed E-state index contributed by atoms with van der Waals surface area (Å²) in [5.74, 6) is -2.71. The fourth-order valence-electron chi connectivity index (χ4n) is 8.13. The van der Waals surface area contributed by atoms with Gasteiger partial charge in [0.05, 0.1) is 52.9 Å². The fraction of sp³-hybridized carbons (Fsp3) is 0.375. The van der Waals surface area contributed by atoms with E-state index in [1.165, 1.54) is 0 Å². The summed E-state index contributed by atoms with van der Waals surface area (Å²) in [6.07, 6.45) is -3.61. The quantitative estimate of drug-likeness (QED) is 0.128. The molecule has 0 unspecified atom stereocenters. The highest BCUT2D eigenvalue weighted by Gasteiger charge is 2.67. The van der Waals surface area contributed by atoms with E-state index in [1.807, 2.05) is 121 Å². The van der Waals surface area contributed by atoms with Crippen LogP contribution in [0.25, 0.3) is 0 Å². The van der Waals surface area contributed by atoms with Gasteiger partial charge < -0.3 is 47.4 Å². The van der Waals surface area contributed by atoms with Crippen LogP contribution in [0.2, 0.25) is 0 Å². The molecule has 0 aromatic heterocycles. The van der Waals surface area contributed by atoms with Gasteiger partial charge in [0.25, 0.3) is 0 Å². The molecular weight excluding hydrogens is 737 g/mol. The minimum atomic E-state index is -1.36. The molecule has 10 heteroatoms. The van der Waals surface area contributed by atoms with Crippen LogP contribution in [0, 0.1) is 0 Å². The Morgan fingerprint density at radius 1 is 0.414 bits per heavy atom. The van der Waals surface area contributed by atoms with Crippen molar-refractivity contribution in [3.05, 3.63) is 179 Å².